The van der Waals surface area contributed by atoms with E-state index >= 15 is 0 Å². The molecule has 1 heterocycles. The van der Waals surface area contributed by atoms with Gasteiger partial charge in [-0.2, -0.15) is 0 Å². The summed E-state index contributed by atoms with van der Waals surface area (Å²) in [4.78, 5) is 11.2. The van der Waals surface area contributed by atoms with E-state index in [1.807, 2.05) is 6.07 Å². The summed E-state index contributed by atoms with van der Waals surface area (Å²) in [5, 5.41) is 0.612. The number of hydrogen-bond donors (Lipinski definition) is 2. The highest BCUT2D eigenvalue weighted by atomic mass is 19.1. The van der Waals surface area contributed by atoms with Crippen molar-refractivity contribution in [2.24, 2.45) is 5.73 Å². The number of anilines is 1. The smallest absolute Gasteiger partial charge is 0.286 e. The first-order valence-corrected chi connectivity index (χ1v) is 5.94. The van der Waals surface area contributed by atoms with Gasteiger partial charge in [0.1, 0.15) is 11.4 Å². The Morgan fingerprint density at radius 3 is 2.35 bits per heavy atom. The minimum Gasteiger partial charge on any atom is -0.449 e. The summed E-state index contributed by atoms with van der Waals surface area (Å²) in [6.45, 7) is 0. The van der Waals surface area contributed by atoms with Gasteiger partial charge in [0.2, 0.25) is 5.76 Å². The number of hydrogen-bond acceptors (Lipinski definition) is 3. The van der Waals surface area contributed by atoms with Gasteiger partial charge in [-0.05, 0) is 35.4 Å². The van der Waals surface area contributed by atoms with Gasteiger partial charge in [-0.3, -0.25) is 4.79 Å². The van der Waals surface area contributed by atoms with Crippen LogP contribution in [-0.2, 0) is 0 Å². The molecule has 0 spiro atoms. The number of benzene rings is 2. The Labute approximate surface area is 113 Å². The minimum absolute atomic E-state index is 0.0451. The summed E-state index contributed by atoms with van der Waals surface area (Å²) in [7, 11) is 0. The molecule has 2 aromatic carbocycles. The lowest BCUT2D eigenvalue weighted by atomic mass is 10.0. The largest absolute Gasteiger partial charge is 0.449 e. The van der Waals surface area contributed by atoms with Crippen LogP contribution >= 0.6 is 0 Å². The van der Waals surface area contributed by atoms with Gasteiger partial charge in [-0.1, -0.05) is 18.2 Å². The predicted octanol–water partition coefficient (Wildman–Crippen LogP) is 2.92. The van der Waals surface area contributed by atoms with Gasteiger partial charge in [-0.15, -0.1) is 0 Å². The number of amides is 1. The molecule has 0 bridgehead atoms. The van der Waals surface area contributed by atoms with Crippen LogP contribution in [0.2, 0.25) is 0 Å². The topological polar surface area (TPSA) is 82.2 Å². The zero-order valence-corrected chi connectivity index (χ0v) is 10.4. The Bertz CT molecular complexity index is 807. The lowest BCUT2D eigenvalue weighted by Gasteiger charge is -2.01. The molecule has 0 radical (unpaired) electrons. The third-order valence-corrected chi connectivity index (χ3v) is 3.13. The summed E-state index contributed by atoms with van der Waals surface area (Å²) in [5.41, 5.74) is 13.4. The van der Waals surface area contributed by atoms with Crippen LogP contribution in [0, 0.1) is 5.82 Å². The van der Waals surface area contributed by atoms with Crippen molar-refractivity contribution in [2.75, 3.05) is 5.73 Å². The van der Waals surface area contributed by atoms with Crippen molar-refractivity contribution < 1.29 is 13.6 Å². The maximum Gasteiger partial charge on any atom is 0.286 e. The molecule has 0 aliphatic carbocycles. The molecule has 0 saturated carbocycles. The average molecular weight is 270 g/mol. The van der Waals surface area contributed by atoms with Crippen LogP contribution in [0.4, 0.5) is 10.1 Å². The lowest BCUT2D eigenvalue weighted by Crippen LogP contribution is -2.11. The molecule has 4 N–H and O–H groups in total. The number of nitrogens with two attached hydrogens (primary N) is 2. The Morgan fingerprint density at radius 2 is 1.70 bits per heavy atom. The number of primary amides is 1. The maximum atomic E-state index is 12.9. The highest BCUT2D eigenvalue weighted by molar-refractivity contribution is 6.05. The molecule has 1 aromatic heterocycles. The van der Waals surface area contributed by atoms with Crippen LogP contribution < -0.4 is 11.5 Å². The van der Waals surface area contributed by atoms with Crippen LogP contribution in [0.1, 0.15) is 10.6 Å². The van der Waals surface area contributed by atoms with Crippen molar-refractivity contribution in [3.63, 3.8) is 0 Å². The average Bonchev–Trinajstić information content (AvgIpc) is 2.77. The molecule has 3 rings (SSSR count). The normalized spacial score (nSPS) is 10.8. The molecular formula is C15H11FN2O2. The Kier molecular flexibility index (Phi) is 2.68. The van der Waals surface area contributed by atoms with E-state index in [-0.39, 0.29) is 17.3 Å². The monoisotopic (exact) mass is 270 g/mol. The third kappa shape index (κ3) is 1.89. The first kappa shape index (κ1) is 12.2. The van der Waals surface area contributed by atoms with Crippen LogP contribution in [-0.4, -0.2) is 5.91 Å². The predicted molar refractivity (Wildman–Crippen MR) is 74.5 cm³/mol. The summed E-state index contributed by atoms with van der Waals surface area (Å²) >= 11 is 0. The van der Waals surface area contributed by atoms with Gasteiger partial charge in [0.15, 0.2) is 0 Å². The zero-order valence-electron chi connectivity index (χ0n) is 10.4. The molecule has 0 fully saturated rings. The van der Waals surface area contributed by atoms with Gasteiger partial charge in [0, 0.05) is 5.39 Å². The third-order valence-electron chi connectivity index (χ3n) is 3.13. The number of halogens is 1. The van der Waals surface area contributed by atoms with Crippen LogP contribution in [0.3, 0.4) is 0 Å². The summed E-state index contributed by atoms with van der Waals surface area (Å²) in [6.07, 6.45) is 0. The van der Waals surface area contributed by atoms with E-state index < -0.39 is 5.91 Å². The van der Waals surface area contributed by atoms with E-state index in [4.69, 9.17) is 15.9 Å². The van der Waals surface area contributed by atoms with E-state index in [1.165, 1.54) is 12.1 Å². The molecule has 0 aliphatic heterocycles. The molecule has 1 amide bonds. The Balaban J connectivity index is 2.17. The van der Waals surface area contributed by atoms with Crippen molar-refractivity contribution in [3.8, 4) is 11.1 Å². The fraction of sp³-hybridized carbons (Fsp3) is 0. The summed E-state index contributed by atoms with van der Waals surface area (Å²) < 4.78 is 18.2. The Morgan fingerprint density at radius 1 is 1.05 bits per heavy atom. The number of carbonyl (C=O) groups is 1. The first-order chi connectivity index (χ1) is 9.56. The van der Waals surface area contributed by atoms with Gasteiger partial charge in [0.05, 0.1) is 5.69 Å². The van der Waals surface area contributed by atoms with Gasteiger partial charge >= 0.3 is 0 Å². The van der Waals surface area contributed by atoms with Crippen LogP contribution in [0.25, 0.3) is 22.1 Å². The molecule has 0 unspecified atom stereocenters. The molecule has 20 heavy (non-hydrogen) atoms. The molecular weight excluding hydrogens is 259 g/mol. The molecule has 4 nitrogen and oxygen atoms in total. The van der Waals surface area contributed by atoms with E-state index in [0.717, 1.165) is 11.1 Å². The maximum absolute atomic E-state index is 12.9. The number of rotatable bonds is 2. The van der Waals surface area contributed by atoms with Crippen molar-refractivity contribution in [2.45, 2.75) is 0 Å². The van der Waals surface area contributed by atoms with Crippen LogP contribution in [0.5, 0.6) is 0 Å². The zero-order chi connectivity index (χ0) is 14.3. The number of furan rings is 1. The fourth-order valence-electron chi connectivity index (χ4n) is 2.12. The SMILES string of the molecule is NC(=O)c1oc2ccc(-c3ccc(F)cc3)cc2c1N. The lowest BCUT2D eigenvalue weighted by molar-refractivity contribution is 0.0977. The number of carbonyl (C=O) groups excluding carboxylic acids is 1. The summed E-state index contributed by atoms with van der Waals surface area (Å²) in [6, 6.07) is 11.4. The molecule has 0 saturated heterocycles. The van der Waals surface area contributed by atoms with Crippen molar-refractivity contribution in [1.29, 1.82) is 0 Å². The molecule has 0 atom stereocenters. The number of nitrogen functional groups attached to an aromatic ring is 1. The molecule has 0 aliphatic rings. The second-order valence-corrected chi connectivity index (χ2v) is 4.43. The summed E-state index contributed by atoms with van der Waals surface area (Å²) in [5.74, 6) is -1.05. The Hall–Kier alpha value is -2.82. The van der Waals surface area contributed by atoms with Gasteiger partial charge in [0.25, 0.3) is 5.91 Å². The van der Waals surface area contributed by atoms with E-state index in [0.29, 0.717) is 11.0 Å². The highest BCUT2D eigenvalue weighted by Crippen LogP contribution is 2.32. The molecule has 3 aromatic rings. The van der Waals surface area contributed by atoms with Crippen LogP contribution in [0.15, 0.2) is 46.9 Å². The second-order valence-electron chi connectivity index (χ2n) is 4.43. The van der Waals surface area contributed by atoms with E-state index in [2.05, 4.69) is 0 Å². The fourth-order valence-corrected chi connectivity index (χ4v) is 2.12. The first-order valence-electron chi connectivity index (χ1n) is 5.94. The molecule has 5 heteroatoms. The molecule has 100 valence electrons. The second kappa shape index (κ2) is 4.38. The van der Waals surface area contributed by atoms with Gasteiger partial charge < -0.3 is 15.9 Å². The highest BCUT2D eigenvalue weighted by Gasteiger charge is 2.16. The van der Waals surface area contributed by atoms with Crippen molar-refractivity contribution >= 4 is 22.6 Å². The van der Waals surface area contributed by atoms with E-state index in [1.54, 1.807) is 24.3 Å². The standard InChI is InChI=1S/C15H11FN2O2/c16-10-4-1-8(2-5-10)9-3-6-12-11(7-9)13(17)14(20-12)15(18)19/h1-7H,17H2,(H2,18,19). The number of fused-ring (bicyclic) bond motifs is 1. The van der Waals surface area contributed by atoms with Crippen molar-refractivity contribution in [3.05, 3.63) is 54.0 Å². The van der Waals surface area contributed by atoms with E-state index in [9.17, 15) is 9.18 Å². The quantitative estimate of drug-likeness (QED) is 0.751. The van der Waals surface area contributed by atoms with Gasteiger partial charge in [-0.25, -0.2) is 4.39 Å². The minimum atomic E-state index is -0.706. The van der Waals surface area contributed by atoms with Crippen molar-refractivity contribution in [1.82, 2.24) is 0 Å².